The highest BCUT2D eigenvalue weighted by atomic mass is 15.1. The zero-order valence-electron chi connectivity index (χ0n) is 15.0. The summed E-state index contributed by atoms with van der Waals surface area (Å²) in [6.45, 7) is 7.06. The van der Waals surface area contributed by atoms with Crippen molar-refractivity contribution in [3.8, 4) is 0 Å². The van der Waals surface area contributed by atoms with Crippen LogP contribution in [0.3, 0.4) is 0 Å². The van der Waals surface area contributed by atoms with Crippen LogP contribution in [0.5, 0.6) is 0 Å². The molecule has 1 heterocycles. The number of hydrogen-bond acceptors (Lipinski definition) is 4. The number of anilines is 3. The molecule has 0 fully saturated rings. The maximum atomic E-state index is 4.58. The highest BCUT2D eigenvalue weighted by Gasteiger charge is 2.06. The summed E-state index contributed by atoms with van der Waals surface area (Å²) in [7, 11) is 0. The summed E-state index contributed by atoms with van der Waals surface area (Å²) in [4.78, 5) is 8.90. The van der Waals surface area contributed by atoms with Crippen molar-refractivity contribution >= 4 is 17.5 Å². The van der Waals surface area contributed by atoms with Crippen molar-refractivity contribution in [1.29, 1.82) is 0 Å². The van der Waals surface area contributed by atoms with Crippen molar-refractivity contribution < 1.29 is 0 Å². The number of rotatable bonds is 6. The number of nitrogens with one attached hydrogen (secondary N) is 2. The van der Waals surface area contributed by atoms with Crippen LogP contribution in [0.1, 0.15) is 29.2 Å². The number of aromatic nitrogens is 2. The number of aryl methyl sites for hydroxylation is 3. The minimum absolute atomic E-state index is 0.622. The minimum Gasteiger partial charge on any atom is -0.350 e. The largest absolute Gasteiger partial charge is 0.350 e. The second-order valence-electron chi connectivity index (χ2n) is 6.19. The van der Waals surface area contributed by atoms with Crippen molar-refractivity contribution in [2.24, 2.45) is 0 Å². The summed E-state index contributed by atoms with van der Waals surface area (Å²) >= 11 is 0. The van der Waals surface area contributed by atoms with E-state index in [1.54, 1.807) is 6.20 Å². The van der Waals surface area contributed by atoms with E-state index in [9.17, 15) is 0 Å². The maximum Gasteiger partial charge on any atom is 0.224 e. The average molecular weight is 332 g/mol. The van der Waals surface area contributed by atoms with Gasteiger partial charge in [0.15, 0.2) is 0 Å². The Balaban J connectivity index is 1.72. The number of hydrogen-bond donors (Lipinski definition) is 2. The Labute approximate surface area is 149 Å². The van der Waals surface area contributed by atoms with Gasteiger partial charge in [0.05, 0.1) is 0 Å². The molecule has 128 valence electrons. The average Bonchev–Trinajstić information content (AvgIpc) is 2.63. The van der Waals surface area contributed by atoms with Crippen LogP contribution in [0.15, 0.2) is 54.7 Å². The van der Waals surface area contributed by atoms with Gasteiger partial charge in [0, 0.05) is 18.4 Å². The van der Waals surface area contributed by atoms with Gasteiger partial charge in [-0.15, -0.1) is 0 Å². The molecule has 4 nitrogen and oxygen atoms in total. The second-order valence-corrected chi connectivity index (χ2v) is 6.19. The predicted molar refractivity (Wildman–Crippen MR) is 104 cm³/mol. The molecule has 0 amide bonds. The first-order valence-electron chi connectivity index (χ1n) is 8.63. The number of benzene rings is 2. The fraction of sp³-hybridized carbons (Fsp3) is 0.238. The maximum absolute atomic E-state index is 4.58. The van der Waals surface area contributed by atoms with Gasteiger partial charge in [-0.25, -0.2) is 4.98 Å². The SMILES string of the molecule is CCc1cccc(C)c1Nc1ccnc(NCc2ccc(C)cc2)n1. The van der Waals surface area contributed by atoms with Gasteiger partial charge in [0.25, 0.3) is 0 Å². The molecular formula is C21H24N4. The quantitative estimate of drug-likeness (QED) is 0.666. The normalized spacial score (nSPS) is 10.5. The molecule has 0 unspecified atom stereocenters. The summed E-state index contributed by atoms with van der Waals surface area (Å²) in [5.41, 5.74) is 6.10. The Bertz CT molecular complexity index is 841. The first kappa shape index (κ1) is 17.0. The van der Waals surface area contributed by atoms with Crippen LogP contribution >= 0.6 is 0 Å². The van der Waals surface area contributed by atoms with E-state index in [0.29, 0.717) is 12.5 Å². The molecule has 2 aromatic carbocycles. The summed E-state index contributed by atoms with van der Waals surface area (Å²) in [6, 6.07) is 16.7. The number of nitrogens with zero attached hydrogens (tertiary/aromatic N) is 2. The van der Waals surface area contributed by atoms with Gasteiger partial charge in [-0.1, -0.05) is 55.0 Å². The first-order chi connectivity index (χ1) is 12.2. The van der Waals surface area contributed by atoms with Crippen molar-refractivity contribution in [3.63, 3.8) is 0 Å². The fourth-order valence-electron chi connectivity index (χ4n) is 2.73. The molecule has 0 spiro atoms. The van der Waals surface area contributed by atoms with Crippen LogP contribution in [0.25, 0.3) is 0 Å². The van der Waals surface area contributed by atoms with Crippen LogP contribution in [0.4, 0.5) is 17.5 Å². The minimum atomic E-state index is 0.622. The molecule has 3 aromatic rings. The zero-order chi connectivity index (χ0) is 17.6. The van der Waals surface area contributed by atoms with E-state index in [-0.39, 0.29) is 0 Å². The highest BCUT2D eigenvalue weighted by Crippen LogP contribution is 2.24. The van der Waals surface area contributed by atoms with E-state index in [1.807, 2.05) is 6.07 Å². The summed E-state index contributed by atoms with van der Waals surface area (Å²) in [5.74, 6) is 1.42. The Morgan fingerprint density at radius 3 is 2.52 bits per heavy atom. The zero-order valence-corrected chi connectivity index (χ0v) is 15.0. The number of para-hydroxylation sites is 1. The van der Waals surface area contributed by atoms with E-state index in [4.69, 9.17) is 0 Å². The fourth-order valence-corrected chi connectivity index (χ4v) is 2.73. The van der Waals surface area contributed by atoms with Crippen LogP contribution in [-0.2, 0) is 13.0 Å². The molecule has 0 bridgehead atoms. The van der Waals surface area contributed by atoms with Crippen LogP contribution in [-0.4, -0.2) is 9.97 Å². The smallest absolute Gasteiger partial charge is 0.224 e. The lowest BCUT2D eigenvalue weighted by molar-refractivity contribution is 1.05. The lowest BCUT2D eigenvalue weighted by Gasteiger charge is -2.14. The van der Waals surface area contributed by atoms with Gasteiger partial charge in [0.2, 0.25) is 5.95 Å². The molecule has 2 N–H and O–H groups in total. The lowest BCUT2D eigenvalue weighted by Crippen LogP contribution is -2.06. The molecule has 0 aliphatic heterocycles. The lowest BCUT2D eigenvalue weighted by atomic mass is 10.1. The van der Waals surface area contributed by atoms with E-state index >= 15 is 0 Å². The molecule has 0 atom stereocenters. The third-order valence-corrected chi connectivity index (χ3v) is 4.22. The molecule has 4 heteroatoms. The van der Waals surface area contributed by atoms with E-state index in [2.05, 4.69) is 83.8 Å². The summed E-state index contributed by atoms with van der Waals surface area (Å²) in [6.07, 6.45) is 2.75. The third-order valence-electron chi connectivity index (χ3n) is 4.22. The Morgan fingerprint density at radius 2 is 1.76 bits per heavy atom. The van der Waals surface area contributed by atoms with E-state index < -0.39 is 0 Å². The molecule has 0 aliphatic carbocycles. The molecule has 0 aliphatic rings. The molecule has 3 rings (SSSR count). The highest BCUT2D eigenvalue weighted by molar-refractivity contribution is 5.65. The molecule has 0 saturated carbocycles. The molecule has 0 saturated heterocycles. The van der Waals surface area contributed by atoms with Gasteiger partial charge in [-0.2, -0.15) is 4.98 Å². The van der Waals surface area contributed by atoms with Gasteiger partial charge < -0.3 is 10.6 Å². The Morgan fingerprint density at radius 1 is 0.960 bits per heavy atom. The monoisotopic (exact) mass is 332 g/mol. The predicted octanol–water partition coefficient (Wildman–Crippen LogP) is 5.01. The van der Waals surface area contributed by atoms with Crippen LogP contribution in [0, 0.1) is 13.8 Å². The second kappa shape index (κ2) is 7.79. The standard InChI is InChI=1S/C21H24N4/c1-4-18-7-5-6-16(3)20(18)24-19-12-13-22-21(25-19)23-14-17-10-8-15(2)9-11-17/h5-13H,4,14H2,1-3H3,(H2,22,23,24,25). The molecule has 1 aromatic heterocycles. The molecule has 25 heavy (non-hydrogen) atoms. The molecular weight excluding hydrogens is 308 g/mol. The van der Waals surface area contributed by atoms with Crippen LogP contribution in [0.2, 0.25) is 0 Å². The van der Waals surface area contributed by atoms with Crippen molar-refractivity contribution in [2.45, 2.75) is 33.7 Å². The van der Waals surface area contributed by atoms with E-state index in [1.165, 1.54) is 22.3 Å². The van der Waals surface area contributed by atoms with Crippen molar-refractivity contribution in [2.75, 3.05) is 10.6 Å². The van der Waals surface area contributed by atoms with Gasteiger partial charge in [-0.3, -0.25) is 0 Å². The summed E-state index contributed by atoms with van der Waals surface area (Å²) < 4.78 is 0. The molecule has 0 radical (unpaired) electrons. The first-order valence-corrected chi connectivity index (χ1v) is 8.63. The Hall–Kier alpha value is -2.88. The van der Waals surface area contributed by atoms with E-state index in [0.717, 1.165) is 17.9 Å². The van der Waals surface area contributed by atoms with Crippen molar-refractivity contribution in [3.05, 3.63) is 77.0 Å². The third kappa shape index (κ3) is 4.35. The Kier molecular flexibility index (Phi) is 5.29. The van der Waals surface area contributed by atoms with Gasteiger partial charge >= 0.3 is 0 Å². The van der Waals surface area contributed by atoms with Crippen molar-refractivity contribution in [1.82, 2.24) is 9.97 Å². The van der Waals surface area contributed by atoms with Crippen LogP contribution < -0.4 is 10.6 Å². The van der Waals surface area contributed by atoms with Gasteiger partial charge in [0.1, 0.15) is 5.82 Å². The summed E-state index contributed by atoms with van der Waals surface area (Å²) in [5, 5.41) is 6.73. The van der Waals surface area contributed by atoms with Gasteiger partial charge in [-0.05, 0) is 43.0 Å². The topological polar surface area (TPSA) is 49.8 Å².